The zero-order chi connectivity index (χ0) is 24.7. The first-order chi connectivity index (χ1) is 16.3. The van der Waals surface area contributed by atoms with E-state index < -0.39 is 17.4 Å². The van der Waals surface area contributed by atoms with Crippen molar-refractivity contribution in [3.63, 3.8) is 0 Å². The molecule has 2 aromatic heterocycles. The second-order valence-electron chi connectivity index (χ2n) is 8.54. The summed E-state index contributed by atoms with van der Waals surface area (Å²) in [5.74, 6) is 1.44. The summed E-state index contributed by atoms with van der Waals surface area (Å²) in [6.07, 6.45) is 6.22. The van der Waals surface area contributed by atoms with Crippen molar-refractivity contribution in [1.29, 1.82) is 0 Å². The zero-order valence-corrected chi connectivity index (χ0v) is 21.8. The van der Waals surface area contributed by atoms with Crippen LogP contribution in [0.1, 0.15) is 56.8 Å². The predicted octanol–water partition coefficient (Wildman–Crippen LogP) is 6.30. The van der Waals surface area contributed by atoms with E-state index in [9.17, 15) is 13.6 Å². The van der Waals surface area contributed by atoms with Crippen LogP contribution in [0, 0.1) is 5.92 Å². The third-order valence-corrected chi connectivity index (χ3v) is 7.24. The van der Waals surface area contributed by atoms with Crippen LogP contribution >= 0.6 is 11.3 Å². The number of rotatable bonds is 11. The first kappa shape index (κ1) is 26.1. The summed E-state index contributed by atoms with van der Waals surface area (Å²) in [4.78, 5) is 18.1. The lowest BCUT2D eigenvalue weighted by Gasteiger charge is -2.18. The third kappa shape index (κ3) is 6.55. The van der Waals surface area contributed by atoms with E-state index in [1.54, 1.807) is 0 Å². The van der Waals surface area contributed by atoms with Gasteiger partial charge in [0, 0.05) is 35.8 Å². The van der Waals surface area contributed by atoms with Crippen molar-refractivity contribution in [2.45, 2.75) is 59.9 Å². The maximum absolute atomic E-state index is 12.7. The number of thiophene rings is 1. The van der Waals surface area contributed by atoms with Crippen molar-refractivity contribution in [2.75, 3.05) is 10.9 Å². The van der Waals surface area contributed by atoms with E-state index in [0.717, 1.165) is 57.5 Å². The number of hydrogen-bond acceptors (Lipinski definition) is 5. The number of nitrogens with zero attached hydrogens (tertiary/aromatic N) is 3. The zero-order valence-electron chi connectivity index (χ0n) is 20.2. The summed E-state index contributed by atoms with van der Waals surface area (Å²) in [7, 11) is 0. The summed E-state index contributed by atoms with van der Waals surface area (Å²) in [5, 5.41) is 0.425. The quantitative estimate of drug-likeness (QED) is 0.245. The second-order valence-corrected chi connectivity index (χ2v) is 10.5. The molecule has 0 spiro atoms. The lowest BCUT2D eigenvalue weighted by molar-refractivity contribution is 0.156. The first-order valence-corrected chi connectivity index (χ1v) is 13.5. The molecule has 2 heterocycles. The van der Waals surface area contributed by atoms with Crippen LogP contribution in [0.15, 0.2) is 42.7 Å². The Kier molecular flexibility index (Phi) is 9.44. The van der Waals surface area contributed by atoms with Gasteiger partial charge < -0.3 is 9.30 Å². The number of carbonyl (C=O) groups excluding carboxylic acids is 1. The normalized spacial score (nSPS) is 12.2. The number of aryl methyl sites for hydroxylation is 1. The van der Waals surface area contributed by atoms with Crippen molar-refractivity contribution < 1.29 is 18.3 Å². The number of aromatic nitrogens is 2. The molecule has 1 atom stereocenters. The highest BCUT2D eigenvalue weighted by Crippen LogP contribution is 2.41. The van der Waals surface area contributed by atoms with Crippen LogP contribution in [-0.4, -0.2) is 31.0 Å². The minimum Gasteiger partial charge on any atom is -0.448 e. The standard InChI is InChI=1S/C25H33N3O4S2/c1-5-7-14-32-25(29)28(34(30)31)24-22(16-21(33-24)15-18(3)4)20-10-8-19(9-11-20)17-27-13-12-26-23(27)6-2/h8-13,16,18H,5-7,14-15,17H2,1-4H3,(H,30,31). The Morgan fingerprint density at radius 1 is 1.26 bits per heavy atom. The summed E-state index contributed by atoms with van der Waals surface area (Å²) >= 11 is -1.19. The van der Waals surface area contributed by atoms with Gasteiger partial charge in [-0.1, -0.05) is 58.4 Å². The SMILES string of the molecule is CCCCOC(=O)N(c1sc(CC(C)C)cc1-c1ccc(Cn2ccnc2CC)cc1)S(=O)O. The number of benzene rings is 1. The van der Waals surface area contributed by atoms with Crippen molar-refractivity contribution >= 4 is 33.7 Å². The van der Waals surface area contributed by atoms with Gasteiger partial charge in [0.25, 0.3) is 11.3 Å². The number of amides is 1. The average molecular weight is 504 g/mol. The molecule has 1 aromatic carbocycles. The van der Waals surface area contributed by atoms with Gasteiger partial charge in [0.2, 0.25) is 0 Å². The number of ether oxygens (including phenoxy) is 1. The van der Waals surface area contributed by atoms with Gasteiger partial charge in [-0.05, 0) is 36.0 Å². The number of carbonyl (C=O) groups is 1. The van der Waals surface area contributed by atoms with Crippen LogP contribution < -0.4 is 4.31 Å². The average Bonchev–Trinajstić information content (AvgIpc) is 3.40. The molecule has 0 fully saturated rings. The maximum Gasteiger partial charge on any atom is 0.429 e. The highest BCUT2D eigenvalue weighted by Gasteiger charge is 2.28. The van der Waals surface area contributed by atoms with E-state index in [1.165, 1.54) is 11.3 Å². The molecular weight excluding hydrogens is 470 g/mol. The van der Waals surface area contributed by atoms with Crippen LogP contribution in [0.25, 0.3) is 11.1 Å². The van der Waals surface area contributed by atoms with Gasteiger partial charge in [0.15, 0.2) is 0 Å². The van der Waals surface area contributed by atoms with E-state index in [1.807, 2.05) is 49.6 Å². The highest BCUT2D eigenvalue weighted by molar-refractivity contribution is 7.82. The molecule has 0 aliphatic carbocycles. The molecule has 0 bridgehead atoms. The molecule has 0 aliphatic rings. The van der Waals surface area contributed by atoms with Gasteiger partial charge in [0.1, 0.15) is 10.8 Å². The van der Waals surface area contributed by atoms with E-state index in [4.69, 9.17) is 4.74 Å². The first-order valence-electron chi connectivity index (χ1n) is 11.6. The van der Waals surface area contributed by atoms with Gasteiger partial charge >= 0.3 is 6.09 Å². The fourth-order valence-electron chi connectivity index (χ4n) is 3.66. The molecule has 0 aliphatic heterocycles. The lowest BCUT2D eigenvalue weighted by Crippen LogP contribution is -2.33. The van der Waals surface area contributed by atoms with Gasteiger partial charge in [-0.2, -0.15) is 4.31 Å². The Morgan fingerprint density at radius 2 is 2.00 bits per heavy atom. The molecule has 0 radical (unpaired) electrons. The second kappa shape index (κ2) is 12.3. The summed E-state index contributed by atoms with van der Waals surface area (Å²) in [6, 6.07) is 10.1. The minimum atomic E-state index is -2.54. The minimum absolute atomic E-state index is 0.214. The Labute approximate surface area is 208 Å². The largest absolute Gasteiger partial charge is 0.448 e. The van der Waals surface area contributed by atoms with Gasteiger partial charge in [0.05, 0.1) is 6.61 Å². The molecule has 1 amide bonds. The Morgan fingerprint density at radius 3 is 2.62 bits per heavy atom. The smallest absolute Gasteiger partial charge is 0.429 e. The number of hydrogen-bond donors (Lipinski definition) is 1. The number of anilines is 1. The van der Waals surface area contributed by atoms with Crippen LogP contribution in [-0.2, 0) is 35.4 Å². The third-order valence-electron chi connectivity index (χ3n) is 5.34. The Balaban J connectivity index is 1.93. The molecular formula is C25H33N3O4S2. The molecule has 0 saturated heterocycles. The summed E-state index contributed by atoms with van der Waals surface area (Å²) in [5.41, 5.74) is 2.75. The molecule has 3 rings (SSSR count). The monoisotopic (exact) mass is 503 g/mol. The Hall–Kier alpha value is -2.49. The highest BCUT2D eigenvalue weighted by atomic mass is 32.2. The predicted molar refractivity (Wildman–Crippen MR) is 139 cm³/mol. The van der Waals surface area contributed by atoms with E-state index >= 15 is 0 Å². The maximum atomic E-state index is 12.7. The van der Waals surface area contributed by atoms with Crippen LogP contribution in [0.5, 0.6) is 0 Å². The molecule has 3 aromatic rings. The molecule has 34 heavy (non-hydrogen) atoms. The topological polar surface area (TPSA) is 84.7 Å². The number of imidazole rings is 1. The molecule has 9 heteroatoms. The van der Waals surface area contributed by atoms with Crippen molar-refractivity contribution in [1.82, 2.24) is 9.55 Å². The van der Waals surface area contributed by atoms with Gasteiger partial charge in [-0.3, -0.25) is 4.55 Å². The van der Waals surface area contributed by atoms with Crippen LogP contribution in [0.4, 0.5) is 9.80 Å². The molecule has 7 nitrogen and oxygen atoms in total. The van der Waals surface area contributed by atoms with Gasteiger partial charge in [-0.15, -0.1) is 11.3 Å². The molecule has 0 saturated carbocycles. The molecule has 1 unspecified atom stereocenters. The lowest BCUT2D eigenvalue weighted by atomic mass is 10.0. The summed E-state index contributed by atoms with van der Waals surface area (Å²) < 4.78 is 30.4. The van der Waals surface area contributed by atoms with Crippen LogP contribution in [0.3, 0.4) is 0 Å². The van der Waals surface area contributed by atoms with Crippen molar-refractivity contribution in [3.05, 3.63) is 59.0 Å². The Bertz CT molecular complexity index is 1110. The van der Waals surface area contributed by atoms with E-state index in [0.29, 0.717) is 17.3 Å². The molecule has 1 N–H and O–H groups in total. The fourth-order valence-corrected chi connectivity index (χ4v) is 5.67. The van der Waals surface area contributed by atoms with E-state index in [2.05, 4.69) is 30.3 Å². The molecule has 184 valence electrons. The summed E-state index contributed by atoms with van der Waals surface area (Å²) in [6.45, 7) is 9.25. The van der Waals surface area contributed by atoms with Crippen LogP contribution in [0.2, 0.25) is 0 Å². The van der Waals surface area contributed by atoms with E-state index in [-0.39, 0.29) is 6.61 Å². The fraction of sp³-hybridized carbons (Fsp3) is 0.440. The van der Waals surface area contributed by atoms with Gasteiger partial charge in [-0.25, -0.2) is 14.0 Å². The van der Waals surface area contributed by atoms with Crippen molar-refractivity contribution in [2.24, 2.45) is 5.92 Å². The van der Waals surface area contributed by atoms with Crippen molar-refractivity contribution in [3.8, 4) is 11.1 Å². The number of unbranched alkanes of at least 4 members (excludes halogenated alkanes) is 1.